The Kier molecular flexibility index (Phi) is 4.73. The molecule has 1 unspecified atom stereocenters. The fourth-order valence-electron chi connectivity index (χ4n) is 2.29. The summed E-state index contributed by atoms with van der Waals surface area (Å²) in [6.45, 7) is 1.55. The molecule has 1 heterocycles. The number of hydrogen-bond acceptors (Lipinski definition) is 2. The van der Waals surface area contributed by atoms with Crippen molar-refractivity contribution in [2.75, 3.05) is 18.4 Å². The predicted octanol–water partition coefficient (Wildman–Crippen LogP) is 4.02. The van der Waals surface area contributed by atoms with E-state index in [4.69, 9.17) is 0 Å². The number of halogens is 4. The van der Waals surface area contributed by atoms with Gasteiger partial charge in [0.1, 0.15) is 0 Å². The molecule has 1 saturated heterocycles. The van der Waals surface area contributed by atoms with Gasteiger partial charge in [-0.2, -0.15) is 13.2 Å². The minimum atomic E-state index is -4.32. The van der Waals surface area contributed by atoms with Gasteiger partial charge in [0.15, 0.2) is 0 Å². The van der Waals surface area contributed by atoms with Gasteiger partial charge in [0.2, 0.25) is 0 Å². The molecule has 1 atom stereocenters. The largest absolute Gasteiger partial charge is 0.418 e. The van der Waals surface area contributed by atoms with Gasteiger partial charge >= 0.3 is 6.18 Å². The van der Waals surface area contributed by atoms with E-state index in [0.29, 0.717) is 17.1 Å². The van der Waals surface area contributed by atoms with E-state index in [1.54, 1.807) is 0 Å². The van der Waals surface area contributed by atoms with E-state index in [1.807, 2.05) is 0 Å². The van der Waals surface area contributed by atoms with Crippen molar-refractivity contribution in [2.24, 2.45) is 0 Å². The van der Waals surface area contributed by atoms with Gasteiger partial charge in [-0.1, -0.05) is 15.9 Å². The molecule has 2 N–H and O–H groups in total. The Morgan fingerprint density at radius 2 is 2.16 bits per heavy atom. The van der Waals surface area contributed by atoms with Gasteiger partial charge in [0.25, 0.3) is 0 Å². The van der Waals surface area contributed by atoms with Gasteiger partial charge in [0, 0.05) is 22.7 Å². The van der Waals surface area contributed by atoms with Crippen molar-refractivity contribution >= 4 is 21.6 Å². The maximum Gasteiger partial charge on any atom is 0.418 e. The van der Waals surface area contributed by atoms with Crippen molar-refractivity contribution in [3.8, 4) is 0 Å². The predicted molar refractivity (Wildman–Crippen MR) is 73.3 cm³/mol. The molecular formula is C13H16BrF3N2. The van der Waals surface area contributed by atoms with Crippen LogP contribution < -0.4 is 10.6 Å². The molecule has 0 aromatic heterocycles. The molecule has 1 aliphatic rings. The summed E-state index contributed by atoms with van der Waals surface area (Å²) in [6.07, 6.45) is -1.24. The third kappa shape index (κ3) is 4.11. The Hall–Kier alpha value is -0.750. The van der Waals surface area contributed by atoms with E-state index >= 15 is 0 Å². The van der Waals surface area contributed by atoms with Gasteiger partial charge < -0.3 is 10.6 Å². The lowest BCUT2D eigenvalue weighted by atomic mass is 10.1. The Labute approximate surface area is 118 Å². The van der Waals surface area contributed by atoms with E-state index in [-0.39, 0.29) is 5.69 Å². The van der Waals surface area contributed by atoms with Gasteiger partial charge in [-0.25, -0.2) is 0 Å². The van der Waals surface area contributed by atoms with Crippen LogP contribution in [0.3, 0.4) is 0 Å². The van der Waals surface area contributed by atoms with Gasteiger partial charge in [-0.05, 0) is 44.0 Å². The van der Waals surface area contributed by atoms with Crippen LogP contribution in [-0.2, 0) is 6.18 Å². The van der Waals surface area contributed by atoms with Crippen molar-refractivity contribution < 1.29 is 13.2 Å². The first-order valence-corrected chi connectivity index (χ1v) is 7.10. The summed E-state index contributed by atoms with van der Waals surface area (Å²) in [6, 6.07) is 4.41. The number of benzene rings is 1. The molecular weight excluding hydrogens is 321 g/mol. The second-order valence-electron chi connectivity index (χ2n) is 4.70. The van der Waals surface area contributed by atoms with Crippen molar-refractivity contribution in [3.05, 3.63) is 28.2 Å². The van der Waals surface area contributed by atoms with E-state index < -0.39 is 11.7 Å². The standard InChI is InChI=1S/C13H16BrF3N2/c14-9-3-4-11(13(15,16)17)12(8-9)19-7-5-10-2-1-6-18-10/h3-4,8,10,18-19H,1-2,5-7H2. The van der Waals surface area contributed by atoms with Crippen LogP contribution in [0.15, 0.2) is 22.7 Å². The Morgan fingerprint density at radius 1 is 1.37 bits per heavy atom. The van der Waals surface area contributed by atoms with Crippen LogP contribution in [0, 0.1) is 0 Å². The zero-order chi connectivity index (χ0) is 13.9. The fourth-order valence-corrected chi connectivity index (χ4v) is 2.66. The van der Waals surface area contributed by atoms with E-state index in [2.05, 4.69) is 26.6 Å². The summed E-state index contributed by atoms with van der Waals surface area (Å²) in [4.78, 5) is 0. The summed E-state index contributed by atoms with van der Waals surface area (Å²) in [5, 5.41) is 6.23. The Balaban J connectivity index is 1.99. The second kappa shape index (κ2) is 6.13. The molecule has 0 amide bonds. The molecule has 0 spiro atoms. The molecule has 2 rings (SSSR count). The summed E-state index contributed by atoms with van der Waals surface area (Å²) in [5.74, 6) is 0. The molecule has 0 aliphatic carbocycles. The molecule has 1 aliphatic heterocycles. The SMILES string of the molecule is FC(F)(F)c1ccc(Br)cc1NCCC1CCCN1. The maximum atomic E-state index is 12.8. The van der Waals surface area contributed by atoms with Crippen molar-refractivity contribution in [2.45, 2.75) is 31.5 Å². The highest BCUT2D eigenvalue weighted by Crippen LogP contribution is 2.36. The summed E-state index contributed by atoms with van der Waals surface area (Å²) >= 11 is 3.20. The highest BCUT2D eigenvalue weighted by molar-refractivity contribution is 9.10. The third-order valence-electron chi connectivity index (χ3n) is 3.26. The van der Waals surface area contributed by atoms with Crippen LogP contribution in [0.1, 0.15) is 24.8 Å². The number of hydrogen-bond donors (Lipinski definition) is 2. The minimum Gasteiger partial charge on any atom is -0.384 e. The summed E-state index contributed by atoms with van der Waals surface area (Å²) in [7, 11) is 0. The van der Waals surface area contributed by atoms with Crippen molar-refractivity contribution in [1.29, 1.82) is 0 Å². The Morgan fingerprint density at radius 3 is 2.79 bits per heavy atom. The van der Waals surface area contributed by atoms with Gasteiger partial charge in [0.05, 0.1) is 5.56 Å². The van der Waals surface area contributed by atoms with Crippen LogP contribution in [0.4, 0.5) is 18.9 Å². The lowest BCUT2D eigenvalue weighted by molar-refractivity contribution is -0.136. The molecule has 0 radical (unpaired) electrons. The first-order chi connectivity index (χ1) is 8.97. The molecule has 19 heavy (non-hydrogen) atoms. The highest BCUT2D eigenvalue weighted by atomic mass is 79.9. The van der Waals surface area contributed by atoms with E-state index in [9.17, 15) is 13.2 Å². The summed E-state index contributed by atoms with van der Waals surface area (Å²) in [5.41, 5.74) is -0.477. The van der Waals surface area contributed by atoms with Crippen LogP contribution in [-0.4, -0.2) is 19.1 Å². The molecule has 6 heteroatoms. The molecule has 0 saturated carbocycles. The van der Waals surface area contributed by atoms with Crippen LogP contribution in [0.2, 0.25) is 0 Å². The second-order valence-corrected chi connectivity index (χ2v) is 5.61. The van der Waals surface area contributed by atoms with Gasteiger partial charge in [-0.3, -0.25) is 0 Å². The van der Waals surface area contributed by atoms with E-state index in [0.717, 1.165) is 31.9 Å². The smallest absolute Gasteiger partial charge is 0.384 e. The average Bonchev–Trinajstić information content (AvgIpc) is 2.80. The minimum absolute atomic E-state index is 0.139. The molecule has 0 bridgehead atoms. The van der Waals surface area contributed by atoms with Crippen LogP contribution in [0.5, 0.6) is 0 Å². The number of nitrogens with one attached hydrogen (secondary N) is 2. The molecule has 2 nitrogen and oxygen atoms in total. The summed E-state index contributed by atoms with van der Waals surface area (Å²) < 4.78 is 39.2. The number of anilines is 1. The number of rotatable bonds is 4. The lowest BCUT2D eigenvalue weighted by Gasteiger charge is -2.16. The maximum absolute atomic E-state index is 12.8. The van der Waals surface area contributed by atoms with Crippen LogP contribution >= 0.6 is 15.9 Å². The third-order valence-corrected chi connectivity index (χ3v) is 3.75. The highest BCUT2D eigenvalue weighted by Gasteiger charge is 2.33. The van der Waals surface area contributed by atoms with Crippen molar-refractivity contribution in [3.63, 3.8) is 0 Å². The number of alkyl halides is 3. The lowest BCUT2D eigenvalue weighted by Crippen LogP contribution is -2.24. The average molecular weight is 337 g/mol. The molecule has 1 fully saturated rings. The molecule has 1 aromatic rings. The normalized spacial score (nSPS) is 19.7. The Bertz CT molecular complexity index is 428. The monoisotopic (exact) mass is 336 g/mol. The first-order valence-electron chi connectivity index (χ1n) is 6.31. The zero-order valence-electron chi connectivity index (χ0n) is 10.4. The van der Waals surface area contributed by atoms with Crippen molar-refractivity contribution in [1.82, 2.24) is 5.32 Å². The quantitative estimate of drug-likeness (QED) is 0.867. The van der Waals surface area contributed by atoms with Crippen LogP contribution in [0.25, 0.3) is 0 Å². The van der Waals surface area contributed by atoms with Gasteiger partial charge in [-0.15, -0.1) is 0 Å². The fraction of sp³-hybridized carbons (Fsp3) is 0.538. The first kappa shape index (κ1) is 14.7. The molecule has 1 aromatic carbocycles. The topological polar surface area (TPSA) is 24.1 Å². The molecule has 106 valence electrons. The van der Waals surface area contributed by atoms with E-state index in [1.165, 1.54) is 12.1 Å². The zero-order valence-corrected chi connectivity index (χ0v) is 11.9.